The molecule has 0 radical (unpaired) electrons. The van der Waals surface area contributed by atoms with Gasteiger partial charge in [0, 0.05) is 17.3 Å². The maximum Gasteiger partial charge on any atom is 0.0942 e. The van der Waals surface area contributed by atoms with Crippen molar-refractivity contribution in [1.82, 2.24) is 0 Å². The van der Waals surface area contributed by atoms with Gasteiger partial charge < -0.3 is 15.5 Å². The molecule has 0 aliphatic heterocycles. The lowest BCUT2D eigenvalue weighted by Crippen LogP contribution is -2.22. The Kier molecular flexibility index (Phi) is 4.02. The van der Waals surface area contributed by atoms with Gasteiger partial charge in [0.05, 0.1) is 12.7 Å². The second-order valence-corrected chi connectivity index (χ2v) is 3.16. The number of hydrogen-bond donors (Lipinski definition) is 3. The molecule has 0 saturated heterocycles. The molecule has 0 aliphatic carbocycles. The van der Waals surface area contributed by atoms with Gasteiger partial charge in [-0.15, -0.1) is 0 Å². The van der Waals surface area contributed by atoms with Crippen LogP contribution in [0.3, 0.4) is 0 Å². The highest BCUT2D eigenvalue weighted by Crippen LogP contribution is 2.12. The van der Waals surface area contributed by atoms with Crippen LogP contribution in [-0.4, -0.2) is 29.5 Å². The fourth-order valence-electron chi connectivity index (χ4n) is 0.868. The van der Waals surface area contributed by atoms with Gasteiger partial charge in [0.2, 0.25) is 0 Å². The average molecular weight is 202 g/mol. The van der Waals surface area contributed by atoms with Crippen molar-refractivity contribution in [3.63, 3.8) is 0 Å². The predicted octanol–water partition coefficient (Wildman–Crippen LogP) is 1.11. The Morgan fingerprint density at radius 3 is 2.46 bits per heavy atom. The van der Waals surface area contributed by atoms with Crippen LogP contribution in [0.4, 0.5) is 5.69 Å². The number of benzene rings is 1. The van der Waals surface area contributed by atoms with E-state index in [1.54, 1.807) is 12.1 Å². The van der Waals surface area contributed by atoms with Crippen LogP contribution in [-0.2, 0) is 0 Å². The fraction of sp³-hybridized carbons (Fsp3) is 0.333. The predicted molar refractivity (Wildman–Crippen MR) is 53.0 cm³/mol. The van der Waals surface area contributed by atoms with E-state index >= 15 is 0 Å². The molecule has 1 rings (SSSR count). The summed E-state index contributed by atoms with van der Waals surface area (Å²) in [6.07, 6.45) is -0.726. The Hall–Kier alpha value is -0.770. The zero-order chi connectivity index (χ0) is 9.68. The summed E-state index contributed by atoms with van der Waals surface area (Å²) in [6.45, 7) is 0.0960. The van der Waals surface area contributed by atoms with Gasteiger partial charge >= 0.3 is 0 Å². The van der Waals surface area contributed by atoms with Gasteiger partial charge in [-0.2, -0.15) is 0 Å². The number of hydrogen-bond acceptors (Lipinski definition) is 3. The lowest BCUT2D eigenvalue weighted by Gasteiger charge is -2.09. The molecule has 72 valence electrons. The van der Waals surface area contributed by atoms with Gasteiger partial charge in [0.25, 0.3) is 0 Å². The van der Waals surface area contributed by atoms with E-state index in [2.05, 4.69) is 5.32 Å². The Labute approximate surface area is 82.0 Å². The normalized spacial score (nSPS) is 12.5. The van der Waals surface area contributed by atoms with Crippen LogP contribution in [0, 0.1) is 0 Å². The minimum Gasteiger partial charge on any atom is -0.394 e. The summed E-state index contributed by atoms with van der Waals surface area (Å²) in [4.78, 5) is 0. The molecule has 1 aromatic carbocycles. The van der Waals surface area contributed by atoms with E-state index in [1.807, 2.05) is 12.1 Å². The van der Waals surface area contributed by atoms with E-state index in [0.29, 0.717) is 11.6 Å². The summed E-state index contributed by atoms with van der Waals surface area (Å²) >= 11 is 5.68. The molecule has 0 aromatic heterocycles. The molecule has 4 heteroatoms. The minimum absolute atomic E-state index is 0.236. The first-order chi connectivity index (χ1) is 6.22. The lowest BCUT2D eigenvalue weighted by molar-refractivity contribution is 0.105. The zero-order valence-corrected chi connectivity index (χ0v) is 7.83. The molecule has 13 heavy (non-hydrogen) atoms. The third kappa shape index (κ3) is 3.63. The van der Waals surface area contributed by atoms with Crippen LogP contribution in [0.25, 0.3) is 0 Å². The Bertz CT molecular complexity index is 250. The van der Waals surface area contributed by atoms with Gasteiger partial charge in [-0.1, -0.05) is 11.6 Å². The zero-order valence-electron chi connectivity index (χ0n) is 7.07. The Morgan fingerprint density at radius 1 is 1.31 bits per heavy atom. The van der Waals surface area contributed by atoms with Crippen LogP contribution in [0.15, 0.2) is 24.3 Å². The van der Waals surface area contributed by atoms with Crippen molar-refractivity contribution < 1.29 is 10.2 Å². The van der Waals surface area contributed by atoms with Crippen LogP contribution < -0.4 is 5.32 Å². The molecular formula is C9H12ClNO2. The van der Waals surface area contributed by atoms with E-state index in [0.717, 1.165) is 5.69 Å². The van der Waals surface area contributed by atoms with Crippen LogP contribution in [0.5, 0.6) is 0 Å². The third-order valence-corrected chi connectivity index (χ3v) is 1.85. The number of aliphatic hydroxyl groups excluding tert-OH is 2. The lowest BCUT2D eigenvalue weighted by atomic mass is 10.3. The van der Waals surface area contributed by atoms with Crippen molar-refractivity contribution in [2.45, 2.75) is 6.10 Å². The second-order valence-electron chi connectivity index (χ2n) is 2.72. The van der Waals surface area contributed by atoms with Gasteiger partial charge in [0.1, 0.15) is 0 Å². The molecule has 3 N–H and O–H groups in total. The van der Waals surface area contributed by atoms with Gasteiger partial charge in [-0.25, -0.2) is 0 Å². The van der Waals surface area contributed by atoms with Crippen molar-refractivity contribution in [2.24, 2.45) is 0 Å². The molecule has 0 spiro atoms. The summed E-state index contributed by atoms with van der Waals surface area (Å²) < 4.78 is 0. The van der Waals surface area contributed by atoms with E-state index in [9.17, 15) is 0 Å². The molecule has 0 amide bonds. The molecule has 0 aliphatic rings. The SMILES string of the molecule is OC[C@@H](O)CNc1ccc(Cl)cc1. The third-order valence-electron chi connectivity index (χ3n) is 1.60. The number of halogens is 1. The van der Waals surface area contributed by atoms with Crippen LogP contribution in [0.2, 0.25) is 5.02 Å². The van der Waals surface area contributed by atoms with Crippen molar-refractivity contribution in [1.29, 1.82) is 0 Å². The molecule has 0 bridgehead atoms. The van der Waals surface area contributed by atoms with Crippen LogP contribution in [0.1, 0.15) is 0 Å². The Balaban J connectivity index is 2.41. The maximum absolute atomic E-state index is 9.04. The summed E-state index contributed by atoms with van der Waals surface area (Å²) in [6, 6.07) is 7.14. The molecule has 0 heterocycles. The van der Waals surface area contributed by atoms with Gasteiger partial charge in [-0.3, -0.25) is 0 Å². The molecular weight excluding hydrogens is 190 g/mol. The molecule has 3 nitrogen and oxygen atoms in total. The fourth-order valence-corrected chi connectivity index (χ4v) is 0.994. The second kappa shape index (κ2) is 5.07. The van der Waals surface area contributed by atoms with Gasteiger partial charge in [-0.05, 0) is 24.3 Å². The topological polar surface area (TPSA) is 52.5 Å². The van der Waals surface area contributed by atoms with E-state index in [4.69, 9.17) is 21.8 Å². The first-order valence-corrected chi connectivity index (χ1v) is 4.38. The maximum atomic E-state index is 9.04. The Morgan fingerprint density at radius 2 is 1.92 bits per heavy atom. The van der Waals surface area contributed by atoms with Crippen molar-refractivity contribution in [3.05, 3.63) is 29.3 Å². The monoisotopic (exact) mass is 201 g/mol. The van der Waals surface area contributed by atoms with Gasteiger partial charge in [0.15, 0.2) is 0 Å². The standard InChI is InChI=1S/C9H12ClNO2/c10-7-1-3-8(4-2-7)11-5-9(13)6-12/h1-4,9,11-13H,5-6H2/t9-/m0/s1. The van der Waals surface area contributed by atoms with E-state index in [1.165, 1.54) is 0 Å². The molecule has 0 saturated carbocycles. The van der Waals surface area contributed by atoms with Crippen molar-refractivity contribution in [3.8, 4) is 0 Å². The summed E-state index contributed by atoms with van der Waals surface area (Å²) in [5.41, 5.74) is 0.872. The number of nitrogens with one attached hydrogen (secondary N) is 1. The highest BCUT2D eigenvalue weighted by molar-refractivity contribution is 6.30. The largest absolute Gasteiger partial charge is 0.394 e. The first kappa shape index (κ1) is 10.3. The van der Waals surface area contributed by atoms with E-state index < -0.39 is 6.10 Å². The average Bonchev–Trinajstić information content (AvgIpc) is 2.16. The summed E-state index contributed by atoms with van der Waals surface area (Å²) in [7, 11) is 0. The van der Waals surface area contributed by atoms with Crippen molar-refractivity contribution >= 4 is 17.3 Å². The first-order valence-electron chi connectivity index (χ1n) is 4.00. The number of rotatable bonds is 4. The molecule has 1 atom stereocenters. The number of anilines is 1. The number of aliphatic hydroxyl groups is 2. The summed E-state index contributed by atoms with van der Waals surface area (Å²) in [5, 5.41) is 21.2. The highest BCUT2D eigenvalue weighted by Gasteiger charge is 2.00. The van der Waals surface area contributed by atoms with E-state index in [-0.39, 0.29) is 6.61 Å². The smallest absolute Gasteiger partial charge is 0.0942 e. The van der Waals surface area contributed by atoms with Crippen LogP contribution >= 0.6 is 11.6 Å². The van der Waals surface area contributed by atoms with Crippen molar-refractivity contribution in [2.75, 3.05) is 18.5 Å². The summed E-state index contributed by atoms with van der Waals surface area (Å²) in [5.74, 6) is 0. The molecule has 1 aromatic rings. The highest BCUT2D eigenvalue weighted by atomic mass is 35.5. The minimum atomic E-state index is -0.726. The quantitative estimate of drug-likeness (QED) is 0.684. The molecule has 0 unspecified atom stereocenters. The molecule has 0 fully saturated rings.